The molecule has 0 aromatic heterocycles. The molecule has 0 spiro atoms. The fourth-order valence-electron chi connectivity index (χ4n) is 3.08. The number of hydrogen-bond acceptors (Lipinski definition) is 6. The van der Waals surface area contributed by atoms with Gasteiger partial charge in [-0.25, -0.2) is 0 Å². The van der Waals surface area contributed by atoms with Gasteiger partial charge in [0.05, 0.1) is 34.6 Å². The van der Waals surface area contributed by atoms with Gasteiger partial charge in [0.25, 0.3) is 5.91 Å². The van der Waals surface area contributed by atoms with Gasteiger partial charge in [-0.1, -0.05) is 25.4 Å². The summed E-state index contributed by atoms with van der Waals surface area (Å²) in [5.74, 6) is -0.322. The molecule has 0 heterocycles. The summed E-state index contributed by atoms with van der Waals surface area (Å²) in [7, 11) is 1.47. The van der Waals surface area contributed by atoms with E-state index in [1.54, 1.807) is 6.07 Å². The quantitative estimate of drug-likeness (QED) is 0.395. The summed E-state index contributed by atoms with van der Waals surface area (Å²) >= 11 is 6.36. The molecule has 0 aliphatic heterocycles. The average molecular weight is 500 g/mol. The van der Waals surface area contributed by atoms with E-state index in [9.17, 15) is 9.59 Å². The third-order valence-corrected chi connectivity index (χ3v) is 5.56. The van der Waals surface area contributed by atoms with Crippen molar-refractivity contribution >= 4 is 29.1 Å². The zero-order valence-corrected chi connectivity index (χ0v) is 22.7. The first-order valence-corrected chi connectivity index (χ1v) is 12.2. The van der Waals surface area contributed by atoms with Crippen LogP contribution in [0.5, 0.6) is 5.75 Å². The number of anilines is 1. The lowest BCUT2D eigenvalue weighted by atomic mass is 10.1. The maximum Gasteiger partial charge on any atom is 0.255 e. The van der Waals surface area contributed by atoms with E-state index < -0.39 is 5.60 Å². The van der Waals surface area contributed by atoms with E-state index in [1.807, 2.05) is 34.6 Å². The predicted molar refractivity (Wildman–Crippen MR) is 137 cm³/mol. The Morgan fingerprint density at radius 2 is 1.71 bits per heavy atom. The summed E-state index contributed by atoms with van der Waals surface area (Å²) in [5, 5.41) is 5.86. The second-order valence-electron chi connectivity index (χ2n) is 9.62. The Hall–Kier alpha value is -1.87. The molecule has 2 N–H and O–H groups in total. The van der Waals surface area contributed by atoms with Gasteiger partial charge in [-0.2, -0.15) is 0 Å². The Morgan fingerprint density at radius 3 is 2.26 bits per heavy atom. The number of hydrogen-bond donors (Lipinski definition) is 2. The molecule has 0 bridgehead atoms. The zero-order chi connectivity index (χ0) is 25.9. The van der Waals surface area contributed by atoms with Crippen LogP contribution in [0.3, 0.4) is 0 Å². The Balaban J connectivity index is 2.71. The molecule has 0 unspecified atom stereocenters. The second-order valence-corrected chi connectivity index (χ2v) is 10.0. The van der Waals surface area contributed by atoms with Crippen molar-refractivity contribution in [2.45, 2.75) is 66.1 Å². The predicted octanol–water partition coefficient (Wildman–Crippen LogP) is 4.36. The van der Waals surface area contributed by atoms with Crippen molar-refractivity contribution in [3.63, 3.8) is 0 Å². The fraction of sp³-hybridized carbons (Fsp3) is 0.680. The lowest BCUT2D eigenvalue weighted by molar-refractivity contribution is -0.128. The van der Waals surface area contributed by atoms with Crippen molar-refractivity contribution in [1.82, 2.24) is 10.2 Å². The van der Waals surface area contributed by atoms with Gasteiger partial charge in [0.2, 0.25) is 5.91 Å². The lowest BCUT2D eigenvalue weighted by Gasteiger charge is -2.27. The first-order chi connectivity index (χ1) is 15.8. The van der Waals surface area contributed by atoms with Crippen LogP contribution in [0.4, 0.5) is 5.69 Å². The topological polar surface area (TPSA) is 89.1 Å². The molecule has 0 radical (unpaired) electrons. The fourth-order valence-corrected chi connectivity index (χ4v) is 3.29. The van der Waals surface area contributed by atoms with Crippen LogP contribution in [0, 0.1) is 0 Å². The Labute approximate surface area is 209 Å². The highest BCUT2D eigenvalue weighted by molar-refractivity contribution is 6.34. The first kappa shape index (κ1) is 30.2. The molecule has 9 heteroatoms. The largest absolute Gasteiger partial charge is 0.496 e. The van der Waals surface area contributed by atoms with Gasteiger partial charge in [0.1, 0.15) is 12.4 Å². The van der Waals surface area contributed by atoms with Crippen LogP contribution in [0.1, 0.15) is 65.2 Å². The third kappa shape index (κ3) is 11.0. The maximum atomic E-state index is 12.6. The zero-order valence-electron chi connectivity index (χ0n) is 22.0. The van der Waals surface area contributed by atoms with Gasteiger partial charge in [-0.15, -0.1) is 0 Å². The third-order valence-electron chi connectivity index (χ3n) is 5.25. The molecule has 2 amide bonds. The Kier molecular flexibility index (Phi) is 12.3. The molecule has 1 aromatic carbocycles. The van der Waals surface area contributed by atoms with Crippen molar-refractivity contribution in [2.24, 2.45) is 0 Å². The number of benzene rings is 1. The monoisotopic (exact) mass is 499 g/mol. The smallest absolute Gasteiger partial charge is 0.255 e. The first-order valence-electron chi connectivity index (χ1n) is 11.8. The lowest BCUT2D eigenvalue weighted by Crippen LogP contribution is -2.35. The number of carbonyl (C=O) groups is 2. The minimum absolute atomic E-state index is 0.144. The molecule has 8 nitrogen and oxygen atoms in total. The van der Waals surface area contributed by atoms with Gasteiger partial charge in [-0.05, 0) is 60.2 Å². The average Bonchev–Trinajstić information content (AvgIpc) is 2.75. The SMILES string of the molecule is CCN(CC)CCNC(=O)c1cc(Cl)c(NC(=O)COC(C)(C)CCOC(C)(C)C)cc1OC. The summed E-state index contributed by atoms with van der Waals surface area (Å²) in [6.45, 7) is 17.4. The van der Waals surface area contributed by atoms with Crippen LogP contribution >= 0.6 is 11.6 Å². The van der Waals surface area contributed by atoms with Crippen molar-refractivity contribution < 1.29 is 23.8 Å². The van der Waals surface area contributed by atoms with E-state index in [0.29, 0.717) is 36.6 Å². The number of carbonyl (C=O) groups excluding carboxylic acids is 2. The minimum Gasteiger partial charge on any atom is -0.496 e. The van der Waals surface area contributed by atoms with Crippen molar-refractivity contribution in [3.05, 3.63) is 22.7 Å². The minimum atomic E-state index is -0.531. The molecule has 0 saturated heterocycles. The van der Waals surface area contributed by atoms with Gasteiger partial charge >= 0.3 is 0 Å². The van der Waals surface area contributed by atoms with Crippen LogP contribution < -0.4 is 15.4 Å². The van der Waals surface area contributed by atoms with E-state index in [4.69, 9.17) is 25.8 Å². The molecule has 0 saturated carbocycles. The number of nitrogens with one attached hydrogen (secondary N) is 2. The Morgan fingerprint density at radius 1 is 1.06 bits per heavy atom. The number of halogens is 1. The molecule has 1 rings (SSSR count). The second kappa shape index (κ2) is 13.9. The van der Waals surface area contributed by atoms with Crippen LogP contribution in [-0.2, 0) is 14.3 Å². The molecule has 0 aliphatic rings. The van der Waals surface area contributed by atoms with E-state index in [1.165, 1.54) is 13.2 Å². The van der Waals surface area contributed by atoms with Crippen molar-refractivity contribution in [2.75, 3.05) is 51.8 Å². The summed E-state index contributed by atoms with van der Waals surface area (Å²) in [6, 6.07) is 3.04. The highest BCUT2D eigenvalue weighted by Crippen LogP contribution is 2.31. The summed E-state index contributed by atoms with van der Waals surface area (Å²) in [5.41, 5.74) is -0.101. The van der Waals surface area contributed by atoms with E-state index in [2.05, 4.69) is 29.4 Å². The van der Waals surface area contributed by atoms with Gasteiger partial charge in [0.15, 0.2) is 0 Å². The van der Waals surface area contributed by atoms with Crippen LogP contribution in [0.25, 0.3) is 0 Å². The number of ether oxygens (including phenoxy) is 3. The standard InChI is InChI=1S/C25H42ClN3O5/c1-9-29(10-2)13-12-27-23(31)18-15-19(26)20(16-21(18)32-8)28-22(30)17-34-25(6,7)11-14-33-24(3,4)5/h15-16H,9-14,17H2,1-8H3,(H,27,31)(H,28,30). The number of rotatable bonds is 14. The number of likely N-dealkylation sites (N-methyl/N-ethyl adjacent to an activating group) is 1. The summed E-state index contributed by atoms with van der Waals surface area (Å²) < 4.78 is 16.9. The molecule has 194 valence electrons. The van der Waals surface area contributed by atoms with Gasteiger partial charge in [0, 0.05) is 25.8 Å². The van der Waals surface area contributed by atoms with E-state index in [-0.39, 0.29) is 29.0 Å². The number of nitrogens with zero attached hydrogens (tertiary/aromatic N) is 1. The van der Waals surface area contributed by atoms with Crippen LogP contribution in [0.2, 0.25) is 5.02 Å². The number of methoxy groups -OCH3 is 1. The normalized spacial score (nSPS) is 12.1. The molecule has 34 heavy (non-hydrogen) atoms. The molecular formula is C25H42ClN3O5. The van der Waals surface area contributed by atoms with Gasteiger partial charge in [-0.3, -0.25) is 9.59 Å². The molecule has 0 fully saturated rings. The Bertz CT molecular complexity index is 804. The summed E-state index contributed by atoms with van der Waals surface area (Å²) in [6.07, 6.45) is 0.643. The molecule has 0 atom stereocenters. The van der Waals surface area contributed by atoms with E-state index in [0.717, 1.165) is 19.6 Å². The highest BCUT2D eigenvalue weighted by atomic mass is 35.5. The maximum absolute atomic E-state index is 12.6. The van der Waals surface area contributed by atoms with Crippen molar-refractivity contribution in [3.8, 4) is 5.75 Å². The van der Waals surface area contributed by atoms with Crippen LogP contribution in [-0.4, -0.2) is 74.4 Å². The molecular weight excluding hydrogens is 458 g/mol. The molecule has 1 aromatic rings. The summed E-state index contributed by atoms with van der Waals surface area (Å²) in [4.78, 5) is 27.3. The van der Waals surface area contributed by atoms with Crippen molar-refractivity contribution in [1.29, 1.82) is 0 Å². The molecule has 0 aliphatic carbocycles. The van der Waals surface area contributed by atoms with Crippen LogP contribution in [0.15, 0.2) is 12.1 Å². The van der Waals surface area contributed by atoms with Gasteiger partial charge < -0.3 is 29.7 Å². The van der Waals surface area contributed by atoms with E-state index >= 15 is 0 Å². The highest BCUT2D eigenvalue weighted by Gasteiger charge is 2.22. The number of amides is 2.